The molecule has 0 atom stereocenters. The van der Waals surface area contributed by atoms with Crippen molar-refractivity contribution in [1.82, 2.24) is 9.97 Å². The van der Waals surface area contributed by atoms with E-state index in [2.05, 4.69) is 9.97 Å². The fraction of sp³-hybridized carbons (Fsp3) is 0.0645. The molecule has 184 valence electrons. The van der Waals surface area contributed by atoms with E-state index in [9.17, 15) is 4.79 Å². The number of amides is 1. The van der Waals surface area contributed by atoms with Crippen molar-refractivity contribution in [1.29, 1.82) is 0 Å². The van der Waals surface area contributed by atoms with Crippen LogP contribution in [0.25, 0.3) is 22.5 Å². The van der Waals surface area contributed by atoms with Crippen molar-refractivity contribution in [2.24, 2.45) is 0 Å². The zero-order valence-electron chi connectivity index (χ0n) is 21.2. The summed E-state index contributed by atoms with van der Waals surface area (Å²) in [6.45, 7) is 0. The Labute approximate surface area is 223 Å². The maximum Gasteiger partial charge on any atom is 0.258 e. The summed E-state index contributed by atoms with van der Waals surface area (Å²) in [6, 6.07) is 32.1. The van der Waals surface area contributed by atoms with E-state index in [4.69, 9.17) is 12.7 Å². The molecule has 1 amide bonds. The van der Waals surface area contributed by atoms with Gasteiger partial charge in [0.1, 0.15) is 7.85 Å². The van der Waals surface area contributed by atoms with Crippen LogP contribution in [-0.2, 0) is 0 Å². The van der Waals surface area contributed by atoms with Crippen LogP contribution in [0.4, 0.5) is 11.4 Å². The second-order valence-electron chi connectivity index (χ2n) is 8.77. The number of benzene rings is 3. The number of aromatic nitrogens is 2. The summed E-state index contributed by atoms with van der Waals surface area (Å²) in [5, 5.41) is 1.62. The van der Waals surface area contributed by atoms with Crippen molar-refractivity contribution in [2.45, 2.75) is 0 Å². The monoisotopic (exact) mass is 496 g/mol. The van der Waals surface area contributed by atoms with E-state index in [1.807, 2.05) is 78.9 Å². The molecule has 5 aromatic rings. The molecule has 2 radical (unpaired) electrons. The van der Waals surface area contributed by atoms with Gasteiger partial charge in [0.15, 0.2) is 5.75 Å². The van der Waals surface area contributed by atoms with E-state index in [0.717, 1.165) is 22.5 Å². The number of rotatable bonds is 7. The molecule has 0 saturated heterocycles. The first-order chi connectivity index (χ1) is 18.5. The second kappa shape index (κ2) is 11.0. The average molecular weight is 496 g/mol. The Hall–Kier alpha value is -4.91. The van der Waals surface area contributed by atoms with Crippen LogP contribution in [0.5, 0.6) is 5.75 Å². The highest BCUT2D eigenvalue weighted by atomic mass is 16.7. The molecule has 0 saturated carbocycles. The number of nitrogens with zero attached hydrogens (tertiary/aromatic N) is 4. The lowest BCUT2D eigenvalue weighted by molar-refractivity contribution is 0.0993. The number of pyridine rings is 2. The van der Waals surface area contributed by atoms with Gasteiger partial charge < -0.3 is 9.74 Å². The van der Waals surface area contributed by atoms with E-state index in [1.165, 1.54) is 0 Å². The van der Waals surface area contributed by atoms with E-state index in [0.29, 0.717) is 28.2 Å². The number of anilines is 2. The molecule has 7 heteroatoms. The van der Waals surface area contributed by atoms with E-state index in [-0.39, 0.29) is 5.91 Å². The molecular formula is C31H25BN4O2. The molecule has 0 bridgehead atoms. The van der Waals surface area contributed by atoms with Gasteiger partial charge in [0.2, 0.25) is 0 Å². The Balaban J connectivity index is 1.30. The first kappa shape index (κ1) is 24.8. The van der Waals surface area contributed by atoms with Gasteiger partial charge in [-0.1, -0.05) is 29.7 Å². The minimum absolute atomic E-state index is 0.150. The van der Waals surface area contributed by atoms with Gasteiger partial charge in [-0.25, -0.2) is 5.06 Å². The lowest BCUT2D eigenvalue weighted by Crippen LogP contribution is -2.28. The third kappa shape index (κ3) is 5.57. The third-order valence-electron chi connectivity index (χ3n) is 6.13. The highest BCUT2D eigenvalue weighted by Crippen LogP contribution is 2.25. The van der Waals surface area contributed by atoms with Crippen LogP contribution in [0.1, 0.15) is 10.4 Å². The van der Waals surface area contributed by atoms with Crippen LogP contribution >= 0.6 is 0 Å². The van der Waals surface area contributed by atoms with Gasteiger partial charge in [-0.2, -0.15) is 0 Å². The zero-order valence-corrected chi connectivity index (χ0v) is 21.2. The summed E-state index contributed by atoms with van der Waals surface area (Å²) in [5.41, 5.74) is 6.14. The minimum atomic E-state index is -0.150. The van der Waals surface area contributed by atoms with Crippen LogP contribution in [0.2, 0.25) is 0 Å². The molecule has 0 unspecified atom stereocenters. The summed E-state index contributed by atoms with van der Waals surface area (Å²) in [5.74, 6) is 0.511. The van der Waals surface area contributed by atoms with Crippen molar-refractivity contribution in [3.63, 3.8) is 0 Å². The fourth-order valence-corrected chi connectivity index (χ4v) is 4.05. The lowest BCUT2D eigenvalue weighted by atomic mass is 9.94. The number of hydrogen-bond donors (Lipinski definition) is 0. The quantitative estimate of drug-likeness (QED) is 0.226. The molecular weight excluding hydrogens is 471 g/mol. The molecule has 3 aromatic carbocycles. The molecule has 2 heterocycles. The molecule has 0 fully saturated rings. The summed E-state index contributed by atoms with van der Waals surface area (Å²) in [4.78, 5) is 29.6. The number of hydrogen-bond acceptors (Lipinski definition) is 5. The molecule has 6 nitrogen and oxygen atoms in total. The van der Waals surface area contributed by atoms with Gasteiger partial charge in [0, 0.05) is 48.9 Å². The molecule has 2 aromatic heterocycles. The van der Waals surface area contributed by atoms with Crippen molar-refractivity contribution >= 4 is 30.6 Å². The first-order valence-electron chi connectivity index (χ1n) is 12.1. The highest BCUT2D eigenvalue weighted by molar-refractivity contribution is 6.33. The molecule has 0 N–H and O–H groups in total. The number of carbonyl (C=O) groups is 1. The highest BCUT2D eigenvalue weighted by Gasteiger charge is 2.16. The molecule has 0 aliphatic carbocycles. The Bertz CT molecular complexity index is 1530. The van der Waals surface area contributed by atoms with Crippen LogP contribution in [-0.4, -0.2) is 37.8 Å². The Morgan fingerprint density at radius 3 is 1.82 bits per heavy atom. The van der Waals surface area contributed by atoms with Crippen LogP contribution in [0, 0.1) is 0 Å². The molecule has 38 heavy (non-hydrogen) atoms. The summed E-state index contributed by atoms with van der Waals surface area (Å²) >= 11 is 0. The van der Waals surface area contributed by atoms with Crippen molar-refractivity contribution in [3.8, 4) is 28.3 Å². The van der Waals surface area contributed by atoms with Crippen molar-refractivity contribution < 1.29 is 9.63 Å². The summed E-state index contributed by atoms with van der Waals surface area (Å²) in [7, 11) is 9.72. The SMILES string of the molecule is [B]c1cc(N(C)Oc2ccc(-c3ccccn3)cc2)cc(N(C)C(=O)c2ccc(-c3ccccn3)cc2)c1. The van der Waals surface area contributed by atoms with Gasteiger partial charge in [-0.15, -0.1) is 0 Å². The van der Waals surface area contributed by atoms with Crippen LogP contribution < -0.4 is 20.3 Å². The standard InChI is InChI=1S/C31H25BN4O2/c1-35(31(37)24-11-9-22(10-12-24)29-7-3-5-17-33-29)26-19-25(32)20-27(21-26)36(2)38-28-15-13-23(14-16-28)30-8-4-6-18-34-30/h3-21H,1-2H3. The van der Waals surface area contributed by atoms with E-state index in [1.54, 1.807) is 60.7 Å². The largest absolute Gasteiger partial charge is 0.380 e. The van der Waals surface area contributed by atoms with Gasteiger partial charge in [0.25, 0.3) is 5.91 Å². The number of carbonyl (C=O) groups excluding carboxylic acids is 1. The summed E-state index contributed by atoms with van der Waals surface area (Å²) in [6.07, 6.45) is 3.52. The van der Waals surface area contributed by atoms with Gasteiger partial charge in [-0.05, 0) is 78.9 Å². The maximum absolute atomic E-state index is 13.2. The Morgan fingerprint density at radius 1 is 0.711 bits per heavy atom. The first-order valence-corrected chi connectivity index (χ1v) is 12.1. The lowest BCUT2D eigenvalue weighted by Gasteiger charge is -2.24. The molecule has 0 aliphatic heterocycles. The zero-order chi connectivity index (χ0) is 26.5. The second-order valence-corrected chi connectivity index (χ2v) is 8.77. The molecule has 0 spiro atoms. The normalized spacial score (nSPS) is 10.6. The van der Waals surface area contributed by atoms with Gasteiger partial charge >= 0.3 is 0 Å². The van der Waals surface area contributed by atoms with Crippen LogP contribution in [0.3, 0.4) is 0 Å². The minimum Gasteiger partial charge on any atom is -0.380 e. The van der Waals surface area contributed by atoms with Crippen molar-refractivity contribution in [3.05, 3.63) is 121 Å². The van der Waals surface area contributed by atoms with Gasteiger partial charge in [0.05, 0.1) is 17.1 Å². The average Bonchev–Trinajstić information content (AvgIpc) is 2.97. The summed E-state index contributed by atoms with van der Waals surface area (Å²) < 4.78 is 0. The van der Waals surface area contributed by atoms with Crippen LogP contribution in [0.15, 0.2) is 116 Å². The maximum atomic E-state index is 13.2. The molecule has 5 rings (SSSR count). The third-order valence-corrected chi connectivity index (χ3v) is 6.13. The smallest absolute Gasteiger partial charge is 0.258 e. The number of hydroxylamine groups is 1. The van der Waals surface area contributed by atoms with Crippen molar-refractivity contribution in [2.75, 3.05) is 24.1 Å². The Kier molecular flexibility index (Phi) is 7.18. The van der Waals surface area contributed by atoms with E-state index < -0.39 is 0 Å². The van der Waals surface area contributed by atoms with Gasteiger partial charge in [-0.3, -0.25) is 14.8 Å². The fourth-order valence-electron chi connectivity index (χ4n) is 4.05. The Morgan fingerprint density at radius 2 is 1.26 bits per heavy atom. The topological polar surface area (TPSA) is 58.6 Å². The predicted molar refractivity (Wildman–Crippen MR) is 153 cm³/mol. The molecule has 0 aliphatic rings. The predicted octanol–water partition coefficient (Wildman–Crippen LogP) is 5.31. The van der Waals surface area contributed by atoms with E-state index >= 15 is 0 Å².